The van der Waals surface area contributed by atoms with Gasteiger partial charge in [-0.05, 0) is 32.3 Å². The fourth-order valence-electron chi connectivity index (χ4n) is 3.70. The third kappa shape index (κ3) is 4.93. The molecular weight excluding hydrogens is 451 g/mol. The highest BCUT2D eigenvalue weighted by atomic mass is 19.3. The van der Waals surface area contributed by atoms with Gasteiger partial charge in [0.15, 0.2) is 11.6 Å². The molecule has 0 spiro atoms. The van der Waals surface area contributed by atoms with Crippen LogP contribution in [0.25, 0.3) is 11.3 Å². The molecule has 2 aromatic heterocycles. The molecule has 0 radical (unpaired) electrons. The lowest BCUT2D eigenvalue weighted by molar-refractivity contribution is -0.0516. The Labute approximate surface area is 194 Å². The minimum Gasteiger partial charge on any atom is -0.490 e. The van der Waals surface area contributed by atoms with Crippen molar-refractivity contribution in [1.29, 1.82) is 0 Å². The second-order valence-corrected chi connectivity index (χ2v) is 7.88. The Morgan fingerprint density at radius 2 is 2.09 bits per heavy atom. The first-order valence-electron chi connectivity index (χ1n) is 10.6. The van der Waals surface area contributed by atoms with Crippen molar-refractivity contribution in [3.05, 3.63) is 53.7 Å². The van der Waals surface area contributed by atoms with Gasteiger partial charge in [0.1, 0.15) is 12.4 Å². The van der Waals surface area contributed by atoms with E-state index in [2.05, 4.69) is 25.3 Å². The molecule has 1 amide bonds. The molecule has 1 aliphatic heterocycles. The van der Waals surface area contributed by atoms with Crippen LogP contribution in [0.15, 0.2) is 36.7 Å². The Hall–Kier alpha value is -3.73. The van der Waals surface area contributed by atoms with E-state index in [9.17, 15) is 18.0 Å². The van der Waals surface area contributed by atoms with E-state index in [1.807, 2.05) is 19.0 Å². The number of alkyl halides is 2. The number of aromatic amines is 1. The number of hydrogen-bond donors (Lipinski definition) is 3. The Bertz CT molecular complexity index is 1180. The Kier molecular flexibility index (Phi) is 6.92. The van der Waals surface area contributed by atoms with Crippen LogP contribution < -0.4 is 20.1 Å². The van der Waals surface area contributed by atoms with Crippen molar-refractivity contribution >= 4 is 17.3 Å². The summed E-state index contributed by atoms with van der Waals surface area (Å²) in [6, 6.07) is 5.49. The molecule has 1 aromatic carbocycles. The van der Waals surface area contributed by atoms with Crippen molar-refractivity contribution < 1.29 is 27.4 Å². The number of carbonyl (C=O) groups excluding carboxylic acids is 1. The standard InChI is InChI=1S/C23H24F3N5O3/c1-31(2)10-11-33-17-12-27-8-6-13(17)19-20(18-15(29-19)7-9-28-22(18)32)30-16-5-3-4-14(24)21(16)34-23(25)26/h3-6,8,12,23,29-30H,7,9-11H2,1-2H3,(H,28,32). The third-order valence-electron chi connectivity index (χ3n) is 5.25. The molecule has 3 N–H and O–H groups in total. The first-order chi connectivity index (χ1) is 16.3. The number of halogens is 3. The number of nitrogens with one attached hydrogen (secondary N) is 3. The highest BCUT2D eigenvalue weighted by Gasteiger charge is 2.29. The van der Waals surface area contributed by atoms with Crippen LogP contribution in [0.1, 0.15) is 16.1 Å². The predicted molar refractivity (Wildman–Crippen MR) is 120 cm³/mol. The minimum atomic E-state index is -3.22. The first-order valence-corrected chi connectivity index (χ1v) is 10.6. The topological polar surface area (TPSA) is 91.5 Å². The predicted octanol–water partition coefficient (Wildman–Crippen LogP) is 3.79. The van der Waals surface area contributed by atoms with E-state index in [-0.39, 0.29) is 11.6 Å². The van der Waals surface area contributed by atoms with Gasteiger partial charge < -0.3 is 30.0 Å². The number of hydrogen-bond acceptors (Lipinski definition) is 6. The Morgan fingerprint density at radius 1 is 1.26 bits per heavy atom. The van der Waals surface area contributed by atoms with Gasteiger partial charge in [0, 0.05) is 37.0 Å². The molecule has 3 aromatic rings. The fraction of sp³-hybridized carbons (Fsp3) is 0.304. The van der Waals surface area contributed by atoms with Crippen LogP contribution in [-0.2, 0) is 6.42 Å². The van der Waals surface area contributed by atoms with Crippen molar-refractivity contribution in [3.8, 4) is 22.8 Å². The molecule has 0 bridgehead atoms. The molecule has 4 rings (SSSR count). The maximum absolute atomic E-state index is 14.3. The summed E-state index contributed by atoms with van der Waals surface area (Å²) in [7, 11) is 3.84. The number of ether oxygens (including phenoxy) is 2. The number of benzene rings is 1. The van der Waals surface area contributed by atoms with Gasteiger partial charge in [-0.15, -0.1) is 0 Å². The van der Waals surface area contributed by atoms with E-state index < -0.39 is 18.2 Å². The Morgan fingerprint density at radius 3 is 2.85 bits per heavy atom. The summed E-state index contributed by atoms with van der Waals surface area (Å²) in [5.41, 5.74) is 2.30. The van der Waals surface area contributed by atoms with Gasteiger partial charge in [0.25, 0.3) is 5.91 Å². The largest absolute Gasteiger partial charge is 0.490 e. The molecule has 180 valence electrons. The number of anilines is 2. The zero-order valence-electron chi connectivity index (χ0n) is 18.6. The number of aromatic nitrogens is 2. The lowest BCUT2D eigenvalue weighted by atomic mass is 10.0. The summed E-state index contributed by atoms with van der Waals surface area (Å²) in [4.78, 5) is 22.1. The van der Waals surface area contributed by atoms with Crippen LogP contribution in [0.5, 0.6) is 11.5 Å². The van der Waals surface area contributed by atoms with Crippen LogP contribution >= 0.6 is 0 Å². The zero-order valence-corrected chi connectivity index (χ0v) is 18.6. The summed E-state index contributed by atoms with van der Waals surface area (Å²) >= 11 is 0. The third-order valence-corrected chi connectivity index (χ3v) is 5.25. The molecule has 0 saturated heterocycles. The second kappa shape index (κ2) is 10.0. The first kappa shape index (κ1) is 23.4. The highest BCUT2D eigenvalue weighted by molar-refractivity contribution is 6.06. The number of carbonyl (C=O) groups is 1. The van der Waals surface area contributed by atoms with Gasteiger partial charge in [0.05, 0.1) is 28.8 Å². The smallest absolute Gasteiger partial charge is 0.387 e. The van der Waals surface area contributed by atoms with Gasteiger partial charge in [-0.25, -0.2) is 4.39 Å². The molecule has 0 saturated carbocycles. The second-order valence-electron chi connectivity index (χ2n) is 7.88. The maximum atomic E-state index is 14.3. The van der Waals surface area contributed by atoms with E-state index in [4.69, 9.17) is 4.74 Å². The van der Waals surface area contributed by atoms with Crippen LogP contribution in [0.2, 0.25) is 0 Å². The number of pyridine rings is 1. The van der Waals surface area contributed by atoms with E-state index in [0.29, 0.717) is 60.1 Å². The maximum Gasteiger partial charge on any atom is 0.387 e. The minimum absolute atomic E-state index is 0.0501. The molecule has 34 heavy (non-hydrogen) atoms. The van der Waals surface area contributed by atoms with Crippen molar-refractivity contribution in [3.63, 3.8) is 0 Å². The molecule has 3 heterocycles. The van der Waals surface area contributed by atoms with Crippen LogP contribution in [-0.4, -0.2) is 61.2 Å². The number of para-hydroxylation sites is 1. The SMILES string of the molecule is CN(C)CCOc1cnccc1-c1[nH]c2c(c1Nc1cccc(F)c1OC(F)F)C(=O)NCC2. The number of H-pyrrole nitrogens is 1. The molecule has 0 aliphatic carbocycles. The van der Waals surface area contributed by atoms with Gasteiger partial charge in [-0.2, -0.15) is 8.78 Å². The summed E-state index contributed by atoms with van der Waals surface area (Å²) in [6.07, 6.45) is 3.66. The van der Waals surface area contributed by atoms with Crippen molar-refractivity contribution in [2.75, 3.05) is 39.1 Å². The molecule has 0 atom stereocenters. The summed E-state index contributed by atoms with van der Waals surface area (Å²) in [5.74, 6) is -1.48. The van der Waals surface area contributed by atoms with E-state index in [0.717, 1.165) is 6.07 Å². The molecular formula is C23H24F3N5O3. The number of nitrogens with zero attached hydrogens (tertiary/aromatic N) is 2. The summed E-state index contributed by atoms with van der Waals surface area (Å²) in [5, 5.41) is 5.73. The van der Waals surface area contributed by atoms with Crippen LogP contribution in [0, 0.1) is 5.82 Å². The van der Waals surface area contributed by atoms with E-state index in [1.165, 1.54) is 12.1 Å². The van der Waals surface area contributed by atoms with Gasteiger partial charge in [0.2, 0.25) is 0 Å². The van der Waals surface area contributed by atoms with Crippen molar-refractivity contribution in [2.24, 2.45) is 0 Å². The van der Waals surface area contributed by atoms with Crippen molar-refractivity contribution in [1.82, 2.24) is 20.2 Å². The molecule has 1 aliphatic rings. The van der Waals surface area contributed by atoms with Gasteiger partial charge in [-0.1, -0.05) is 6.07 Å². The van der Waals surface area contributed by atoms with Gasteiger partial charge in [-0.3, -0.25) is 9.78 Å². The molecule has 11 heteroatoms. The number of fused-ring (bicyclic) bond motifs is 1. The molecule has 0 unspecified atom stereocenters. The quantitative estimate of drug-likeness (QED) is 0.436. The zero-order chi connectivity index (χ0) is 24.2. The number of likely N-dealkylation sites (N-methyl/N-ethyl adjacent to an activating group) is 1. The fourth-order valence-corrected chi connectivity index (χ4v) is 3.70. The van der Waals surface area contributed by atoms with Crippen LogP contribution in [0.3, 0.4) is 0 Å². The number of rotatable bonds is 9. The lowest BCUT2D eigenvalue weighted by Gasteiger charge is -2.18. The average Bonchev–Trinajstić information content (AvgIpc) is 3.15. The summed E-state index contributed by atoms with van der Waals surface area (Å²) < 4.78 is 50.6. The lowest BCUT2D eigenvalue weighted by Crippen LogP contribution is -2.31. The summed E-state index contributed by atoms with van der Waals surface area (Å²) in [6.45, 7) is -1.72. The normalized spacial score (nSPS) is 13.1. The van der Waals surface area contributed by atoms with Crippen LogP contribution in [0.4, 0.5) is 24.5 Å². The average molecular weight is 475 g/mol. The molecule has 0 fully saturated rings. The molecule has 8 nitrogen and oxygen atoms in total. The van der Waals surface area contributed by atoms with Crippen molar-refractivity contribution in [2.45, 2.75) is 13.0 Å². The Balaban J connectivity index is 1.81. The highest BCUT2D eigenvalue weighted by Crippen LogP contribution is 2.42. The van der Waals surface area contributed by atoms with E-state index in [1.54, 1.807) is 18.5 Å². The van der Waals surface area contributed by atoms with Gasteiger partial charge >= 0.3 is 6.61 Å². The van der Waals surface area contributed by atoms with E-state index >= 15 is 0 Å². The monoisotopic (exact) mass is 475 g/mol. The number of amides is 1.